The van der Waals surface area contributed by atoms with Gasteiger partial charge in [0.25, 0.3) is 0 Å². The van der Waals surface area contributed by atoms with Crippen LogP contribution in [0.1, 0.15) is 20.3 Å². The lowest BCUT2D eigenvalue weighted by Gasteiger charge is -2.33. The average Bonchev–Trinajstić information content (AvgIpc) is 1.86. The molecule has 1 aliphatic heterocycles. The van der Waals surface area contributed by atoms with Crippen LogP contribution in [0.5, 0.6) is 0 Å². The Balaban J connectivity index is 2.55. The summed E-state index contributed by atoms with van der Waals surface area (Å²) in [5.41, 5.74) is 5.11. The van der Waals surface area contributed by atoms with Gasteiger partial charge in [-0.05, 0) is 13.8 Å². The molecule has 3 heteroatoms. The zero-order valence-corrected chi connectivity index (χ0v) is 7.09. The van der Waals surface area contributed by atoms with Gasteiger partial charge in [-0.2, -0.15) is 0 Å². The van der Waals surface area contributed by atoms with Crippen molar-refractivity contribution in [1.29, 1.82) is 0 Å². The molecule has 0 spiro atoms. The van der Waals surface area contributed by atoms with E-state index in [4.69, 9.17) is 10.5 Å². The molecule has 2 N–H and O–H groups in total. The first-order valence-corrected chi connectivity index (χ1v) is 3.92. The normalized spacial score (nSPS) is 30.5. The Labute approximate surface area is 66.9 Å². The molecule has 1 saturated heterocycles. The third-order valence-corrected chi connectivity index (χ3v) is 2.02. The van der Waals surface area contributed by atoms with Gasteiger partial charge >= 0.3 is 0 Å². The van der Waals surface area contributed by atoms with Crippen molar-refractivity contribution in [3.8, 4) is 0 Å². The molecule has 0 bridgehead atoms. The summed E-state index contributed by atoms with van der Waals surface area (Å²) in [4.78, 5) is 11.3. The number of nitrogens with two attached hydrogens (primary N) is 1. The van der Waals surface area contributed by atoms with Crippen LogP contribution in [0.3, 0.4) is 0 Å². The van der Waals surface area contributed by atoms with Crippen molar-refractivity contribution in [2.45, 2.75) is 25.9 Å². The highest BCUT2D eigenvalue weighted by atomic mass is 16.5. The lowest BCUT2D eigenvalue weighted by molar-refractivity contribution is -0.143. The SMILES string of the molecule is CC1(C)CC(=O)C(CN)CO1. The number of ether oxygens (including phenoxy) is 1. The Morgan fingerprint density at radius 2 is 2.36 bits per heavy atom. The van der Waals surface area contributed by atoms with Crippen LogP contribution >= 0.6 is 0 Å². The quantitative estimate of drug-likeness (QED) is 0.596. The Hall–Kier alpha value is -0.410. The van der Waals surface area contributed by atoms with Crippen molar-refractivity contribution in [1.82, 2.24) is 0 Å². The maximum atomic E-state index is 11.3. The van der Waals surface area contributed by atoms with Crippen molar-refractivity contribution >= 4 is 5.78 Å². The molecule has 0 aromatic rings. The van der Waals surface area contributed by atoms with E-state index < -0.39 is 0 Å². The molecule has 0 amide bonds. The highest BCUT2D eigenvalue weighted by Gasteiger charge is 2.33. The summed E-state index contributed by atoms with van der Waals surface area (Å²) in [6, 6.07) is 0. The number of hydrogen-bond acceptors (Lipinski definition) is 3. The van der Waals surface area contributed by atoms with Crippen LogP contribution in [-0.2, 0) is 9.53 Å². The van der Waals surface area contributed by atoms with E-state index in [0.29, 0.717) is 19.6 Å². The van der Waals surface area contributed by atoms with E-state index in [-0.39, 0.29) is 17.3 Å². The number of hydrogen-bond donors (Lipinski definition) is 1. The summed E-state index contributed by atoms with van der Waals surface area (Å²) >= 11 is 0. The minimum absolute atomic E-state index is 0.0666. The molecule has 1 rings (SSSR count). The van der Waals surface area contributed by atoms with Crippen LogP contribution in [0.2, 0.25) is 0 Å². The molecule has 1 heterocycles. The smallest absolute Gasteiger partial charge is 0.142 e. The van der Waals surface area contributed by atoms with E-state index in [1.54, 1.807) is 0 Å². The first-order valence-electron chi connectivity index (χ1n) is 3.92. The molecule has 0 aromatic heterocycles. The van der Waals surface area contributed by atoms with E-state index in [0.717, 1.165) is 0 Å². The summed E-state index contributed by atoms with van der Waals surface area (Å²) in [7, 11) is 0. The summed E-state index contributed by atoms with van der Waals surface area (Å²) in [5, 5.41) is 0. The molecule has 0 aliphatic carbocycles. The fourth-order valence-corrected chi connectivity index (χ4v) is 1.23. The average molecular weight is 157 g/mol. The van der Waals surface area contributed by atoms with Crippen LogP contribution in [0.4, 0.5) is 0 Å². The highest BCUT2D eigenvalue weighted by molar-refractivity contribution is 5.82. The van der Waals surface area contributed by atoms with E-state index in [2.05, 4.69) is 0 Å². The van der Waals surface area contributed by atoms with Gasteiger partial charge in [-0.25, -0.2) is 0 Å². The minimum Gasteiger partial charge on any atom is -0.374 e. The Morgan fingerprint density at radius 1 is 1.73 bits per heavy atom. The minimum atomic E-state index is -0.275. The molecule has 0 aromatic carbocycles. The fourth-order valence-electron chi connectivity index (χ4n) is 1.23. The zero-order chi connectivity index (χ0) is 8.48. The van der Waals surface area contributed by atoms with Crippen molar-refractivity contribution < 1.29 is 9.53 Å². The molecular weight excluding hydrogens is 142 g/mol. The first-order chi connectivity index (χ1) is 5.05. The summed E-state index contributed by atoms with van der Waals surface area (Å²) in [5.74, 6) is 0.173. The maximum absolute atomic E-state index is 11.3. The van der Waals surface area contributed by atoms with E-state index in [1.807, 2.05) is 13.8 Å². The fraction of sp³-hybridized carbons (Fsp3) is 0.875. The molecule has 11 heavy (non-hydrogen) atoms. The molecule has 3 nitrogen and oxygen atoms in total. The lowest BCUT2D eigenvalue weighted by atomic mass is 9.90. The first kappa shape index (κ1) is 8.68. The van der Waals surface area contributed by atoms with Crippen LogP contribution in [0, 0.1) is 5.92 Å². The van der Waals surface area contributed by atoms with Gasteiger partial charge in [0.1, 0.15) is 5.78 Å². The van der Waals surface area contributed by atoms with Gasteiger partial charge in [0.15, 0.2) is 0 Å². The van der Waals surface area contributed by atoms with Gasteiger partial charge in [0, 0.05) is 13.0 Å². The van der Waals surface area contributed by atoms with E-state index >= 15 is 0 Å². The second-order valence-electron chi connectivity index (χ2n) is 3.65. The molecular formula is C8H15NO2. The van der Waals surface area contributed by atoms with Crippen molar-refractivity contribution in [3.63, 3.8) is 0 Å². The monoisotopic (exact) mass is 157 g/mol. The maximum Gasteiger partial charge on any atom is 0.142 e. The number of carbonyl (C=O) groups excluding carboxylic acids is 1. The zero-order valence-electron chi connectivity index (χ0n) is 7.09. The Kier molecular flexibility index (Phi) is 2.30. The molecule has 1 fully saturated rings. The number of Topliss-reactive ketones (excluding diaryl/α,β-unsaturated/α-hetero) is 1. The summed E-state index contributed by atoms with van der Waals surface area (Å²) in [6.07, 6.45) is 0.495. The van der Waals surface area contributed by atoms with E-state index in [9.17, 15) is 4.79 Å². The van der Waals surface area contributed by atoms with Crippen LogP contribution in [0.25, 0.3) is 0 Å². The van der Waals surface area contributed by atoms with Crippen molar-refractivity contribution in [3.05, 3.63) is 0 Å². The summed E-state index contributed by atoms with van der Waals surface area (Å²) in [6.45, 7) is 4.76. The Bertz CT molecular complexity index is 165. The van der Waals surface area contributed by atoms with Crippen LogP contribution in [0.15, 0.2) is 0 Å². The second-order valence-corrected chi connectivity index (χ2v) is 3.65. The predicted molar refractivity (Wildman–Crippen MR) is 42.2 cm³/mol. The van der Waals surface area contributed by atoms with Crippen molar-refractivity contribution in [2.75, 3.05) is 13.2 Å². The third-order valence-electron chi connectivity index (χ3n) is 2.02. The standard InChI is InChI=1S/C8H15NO2/c1-8(2)3-7(10)6(4-9)5-11-8/h6H,3-5,9H2,1-2H3. The second kappa shape index (κ2) is 2.91. The van der Waals surface area contributed by atoms with Gasteiger partial charge < -0.3 is 10.5 Å². The molecule has 1 atom stereocenters. The molecule has 0 saturated carbocycles. The van der Waals surface area contributed by atoms with Gasteiger partial charge in [-0.3, -0.25) is 4.79 Å². The van der Waals surface area contributed by atoms with Crippen molar-refractivity contribution in [2.24, 2.45) is 11.7 Å². The van der Waals surface area contributed by atoms with Gasteiger partial charge in [-0.15, -0.1) is 0 Å². The number of rotatable bonds is 1. The summed E-state index contributed by atoms with van der Waals surface area (Å²) < 4.78 is 5.44. The van der Waals surface area contributed by atoms with E-state index in [1.165, 1.54) is 0 Å². The molecule has 0 radical (unpaired) electrons. The number of ketones is 1. The largest absolute Gasteiger partial charge is 0.374 e. The number of carbonyl (C=O) groups is 1. The molecule has 64 valence electrons. The van der Waals surface area contributed by atoms with Gasteiger partial charge in [0.05, 0.1) is 18.1 Å². The van der Waals surface area contributed by atoms with Gasteiger partial charge in [0.2, 0.25) is 0 Å². The van der Waals surface area contributed by atoms with Gasteiger partial charge in [-0.1, -0.05) is 0 Å². The predicted octanol–water partition coefficient (Wildman–Crippen LogP) is 0.329. The molecule has 1 unspecified atom stereocenters. The topological polar surface area (TPSA) is 52.3 Å². The van der Waals surface area contributed by atoms with Crippen LogP contribution in [-0.4, -0.2) is 24.5 Å². The third kappa shape index (κ3) is 2.01. The highest BCUT2D eigenvalue weighted by Crippen LogP contribution is 2.23. The Morgan fingerprint density at radius 3 is 2.82 bits per heavy atom. The lowest BCUT2D eigenvalue weighted by Crippen LogP contribution is -2.42. The molecule has 1 aliphatic rings. The van der Waals surface area contributed by atoms with Crippen LogP contribution < -0.4 is 5.73 Å².